The number of nitrogens with one attached hydrogen (secondary N) is 2. The molecular weight excluding hydrogens is 424 g/mol. The second-order valence-corrected chi connectivity index (χ2v) is 7.51. The minimum atomic E-state index is -0.451. The number of nitrogens with zero attached hydrogens (tertiary/aromatic N) is 6. The van der Waals surface area contributed by atoms with E-state index in [4.69, 9.17) is 4.74 Å². The van der Waals surface area contributed by atoms with Crippen LogP contribution in [0.2, 0.25) is 0 Å². The number of benzene rings is 2. The van der Waals surface area contributed by atoms with Crippen LogP contribution in [0.1, 0.15) is 16.7 Å². The van der Waals surface area contributed by atoms with Crippen LogP contribution in [0.3, 0.4) is 0 Å². The number of aryl methyl sites for hydroxylation is 2. The lowest BCUT2D eigenvalue weighted by atomic mass is 10.1. The summed E-state index contributed by atoms with van der Waals surface area (Å²) in [7, 11) is 0. The maximum Gasteiger partial charge on any atom is 0.278 e. The van der Waals surface area contributed by atoms with Crippen LogP contribution in [-0.4, -0.2) is 52.4 Å². The number of nitro groups is 1. The Morgan fingerprint density at radius 2 is 1.85 bits per heavy atom. The monoisotopic (exact) mass is 448 g/mol. The van der Waals surface area contributed by atoms with Gasteiger partial charge in [0.1, 0.15) is 0 Å². The number of nitro benzene ring substituents is 1. The van der Waals surface area contributed by atoms with E-state index in [0.717, 1.165) is 16.8 Å². The predicted molar refractivity (Wildman–Crippen MR) is 126 cm³/mol. The summed E-state index contributed by atoms with van der Waals surface area (Å²) in [6.45, 7) is 6.51. The van der Waals surface area contributed by atoms with E-state index in [1.807, 2.05) is 36.9 Å². The van der Waals surface area contributed by atoms with Crippen LogP contribution < -0.4 is 15.6 Å². The molecule has 1 aliphatic heterocycles. The Hall–Kier alpha value is -4.12. The molecule has 2 heterocycles. The van der Waals surface area contributed by atoms with Gasteiger partial charge in [0, 0.05) is 24.8 Å². The Morgan fingerprint density at radius 3 is 2.64 bits per heavy atom. The Kier molecular flexibility index (Phi) is 6.69. The Bertz CT molecular complexity index is 1180. The van der Waals surface area contributed by atoms with Crippen molar-refractivity contribution in [2.75, 3.05) is 41.9 Å². The highest BCUT2D eigenvalue weighted by atomic mass is 16.6. The van der Waals surface area contributed by atoms with Crippen LogP contribution >= 0.6 is 0 Å². The number of aromatic nitrogens is 3. The molecule has 4 rings (SSSR count). The number of ether oxygens (including phenoxy) is 1. The highest BCUT2D eigenvalue weighted by Crippen LogP contribution is 2.22. The first-order chi connectivity index (χ1) is 16.0. The van der Waals surface area contributed by atoms with E-state index in [1.54, 1.807) is 18.2 Å². The molecule has 1 fully saturated rings. The average Bonchev–Trinajstić information content (AvgIpc) is 2.82. The fraction of sp³-hybridized carbons (Fsp3) is 0.273. The molecule has 1 aromatic heterocycles. The number of anilines is 4. The molecular formula is C22H24N8O3. The van der Waals surface area contributed by atoms with Gasteiger partial charge in [-0.05, 0) is 37.1 Å². The third-order valence-corrected chi connectivity index (χ3v) is 5.06. The Labute approximate surface area is 190 Å². The summed E-state index contributed by atoms with van der Waals surface area (Å²) in [4.78, 5) is 26.3. The molecule has 0 radical (unpaired) electrons. The van der Waals surface area contributed by atoms with Crippen molar-refractivity contribution in [3.63, 3.8) is 0 Å². The van der Waals surface area contributed by atoms with Gasteiger partial charge < -0.3 is 15.0 Å². The van der Waals surface area contributed by atoms with Crippen molar-refractivity contribution in [1.82, 2.24) is 15.0 Å². The van der Waals surface area contributed by atoms with E-state index >= 15 is 0 Å². The largest absolute Gasteiger partial charge is 0.378 e. The molecule has 170 valence electrons. The Morgan fingerprint density at radius 1 is 1.09 bits per heavy atom. The van der Waals surface area contributed by atoms with E-state index in [9.17, 15) is 10.1 Å². The summed E-state index contributed by atoms with van der Waals surface area (Å²) >= 11 is 0. The van der Waals surface area contributed by atoms with Crippen molar-refractivity contribution in [3.8, 4) is 0 Å². The zero-order chi connectivity index (χ0) is 23.2. The Balaban J connectivity index is 1.61. The van der Waals surface area contributed by atoms with Crippen molar-refractivity contribution < 1.29 is 9.66 Å². The molecule has 0 spiro atoms. The maximum absolute atomic E-state index is 11.2. The number of morpholine rings is 1. The minimum Gasteiger partial charge on any atom is -0.378 e. The lowest BCUT2D eigenvalue weighted by Gasteiger charge is -2.27. The normalized spacial score (nSPS) is 13.8. The van der Waals surface area contributed by atoms with E-state index in [1.165, 1.54) is 12.3 Å². The quantitative estimate of drug-likeness (QED) is 0.317. The lowest BCUT2D eigenvalue weighted by molar-refractivity contribution is -0.385. The first-order valence-electron chi connectivity index (χ1n) is 10.4. The van der Waals surface area contributed by atoms with Gasteiger partial charge >= 0.3 is 0 Å². The van der Waals surface area contributed by atoms with E-state index in [-0.39, 0.29) is 11.6 Å². The molecule has 33 heavy (non-hydrogen) atoms. The smallest absolute Gasteiger partial charge is 0.278 e. The summed E-state index contributed by atoms with van der Waals surface area (Å²) in [6.07, 6.45) is 1.37. The standard InChI is InChI=1S/C22H24N8O3/c1-15-7-8-16(2)18(13-15)24-20-25-21(27-22(26-20)29-9-11-33-12-10-29)28-23-14-17-5-3-4-6-19(17)30(31)32/h3-8,13-14H,9-12H2,1-2H3,(H2,24,25,26,27,28)/b23-14+. The minimum absolute atomic E-state index is 0.0371. The first-order valence-corrected chi connectivity index (χ1v) is 10.4. The van der Waals surface area contributed by atoms with E-state index in [2.05, 4.69) is 30.8 Å². The van der Waals surface area contributed by atoms with Crippen LogP contribution in [0.25, 0.3) is 0 Å². The van der Waals surface area contributed by atoms with Gasteiger partial charge in [-0.3, -0.25) is 10.1 Å². The molecule has 0 aliphatic carbocycles. The molecule has 0 bridgehead atoms. The molecule has 11 heteroatoms. The molecule has 1 saturated heterocycles. The van der Waals surface area contributed by atoms with Crippen molar-refractivity contribution >= 4 is 35.4 Å². The third-order valence-electron chi connectivity index (χ3n) is 5.06. The van der Waals surface area contributed by atoms with Gasteiger partial charge in [0.05, 0.1) is 29.9 Å². The van der Waals surface area contributed by atoms with E-state index in [0.29, 0.717) is 43.8 Å². The highest BCUT2D eigenvalue weighted by Gasteiger charge is 2.17. The zero-order valence-corrected chi connectivity index (χ0v) is 18.4. The predicted octanol–water partition coefficient (Wildman–Crippen LogP) is 3.42. The molecule has 11 nitrogen and oxygen atoms in total. The van der Waals surface area contributed by atoms with Gasteiger partial charge in [0.2, 0.25) is 17.8 Å². The molecule has 0 amide bonds. The van der Waals surface area contributed by atoms with Gasteiger partial charge in [-0.25, -0.2) is 5.43 Å². The van der Waals surface area contributed by atoms with Crippen LogP contribution in [0, 0.1) is 24.0 Å². The summed E-state index contributed by atoms with van der Waals surface area (Å²) in [6, 6.07) is 12.4. The van der Waals surface area contributed by atoms with Gasteiger partial charge in [-0.2, -0.15) is 20.1 Å². The number of hydrogen-bond acceptors (Lipinski definition) is 10. The fourth-order valence-corrected chi connectivity index (χ4v) is 3.29. The number of rotatable bonds is 7. The van der Waals surface area contributed by atoms with Gasteiger partial charge in [-0.1, -0.05) is 24.3 Å². The highest BCUT2D eigenvalue weighted by molar-refractivity contribution is 5.85. The zero-order valence-electron chi connectivity index (χ0n) is 18.4. The molecule has 0 atom stereocenters. The first kappa shape index (κ1) is 22.1. The van der Waals surface area contributed by atoms with Crippen LogP contribution in [-0.2, 0) is 4.74 Å². The summed E-state index contributed by atoms with van der Waals surface area (Å²) in [5, 5.41) is 18.6. The molecule has 0 saturated carbocycles. The van der Waals surface area contributed by atoms with Gasteiger partial charge in [0.25, 0.3) is 5.69 Å². The van der Waals surface area contributed by atoms with Crippen molar-refractivity contribution in [3.05, 3.63) is 69.3 Å². The molecule has 0 unspecified atom stereocenters. The SMILES string of the molecule is Cc1ccc(C)c(Nc2nc(N/N=C/c3ccccc3[N+](=O)[O-])nc(N3CCOCC3)n2)c1. The summed E-state index contributed by atoms with van der Waals surface area (Å²) in [5.74, 6) is 1.07. The lowest BCUT2D eigenvalue weighted by Crippen LogP contribution is -2.37. The van der Waals surface area contributed by atoms with Crippen LogP contribution in [0.15, 0.2) is 47.6 Å². The average molecular weight is 448 g/mol. The second kappa shape index (κ2) is 10.0. The van der Waals surface area contributed by atoms with Crippen molar-refractivity contribution in [2.45, 2.75) is 13.8 Å². The van der Waals surface area contributed by atoms with Crippen molar-refractivity contribution in [1.29, 1.82) is 0 Å². The third kappa shape index (κ3) is 5.57. The number of para-hydroxylation sites is 1. The topological polar surface area (TPSA) is 131 Å². The molecule has 3 aromatic rings. The van der Waals surface area contributed by atoms with Crippen molar-refractivity contribution in [2.24, 2.45) is 5.10 Å². The second-order valence-electron chi connectivity index (χ2n) is 7.51. The molecule has 2 aromatic carbocycles. The molecule has 2 N–H and O–H groups in total. The fourth-order valence-electron chi connectivity index (χ4n) is 3.29. The summed E-state index contributed by atoms with van der Waals surface area (Å²) in [5.41, 5.74) is 6.16. The summed E-state index contributed by atoms with van der Waals surface area (Å²) < 4.78 is 5.43. The number of hydrogen-bond donors (Lipinski definition) is 2. The van der Waals surface area contributed by atoms with Gasteiger partial charge in [-0.15, -0.1) is 0 Å². The van der Waals surface area contributed by atoms with Crippen LogP contribution in [0.4, 0.5) is 29.2 Å². The maximum atomic E-state index is 11.2. The van der Waals surface area contributed by atoms with Gasteiger partial charge in [0.15, 0.2) is 0 Å². The van der Waals surface area contributed by atoms with E-state index < -0.39 is 4.92 Å². The number of hydrazone groups is 1. The van der Waals surface area contributed by atoms with Crippen LogP contribution in [0.5, 0.6) is 0 Å². The molecule has 1 aliphatic rings.